The molecule has 2 heterocycles. The Kier molecular flexibility index (Phi) is 6.58. The first-order valence-electron chi connectivity index (χ1n) is 10.8. The molecule has 0 atom stereocenters. The highest BCUT2D eigenvalue weighted by Gasteiger charge is 2.23. The molecule has 8 nitrogen and oxygen atoms in total. The fourth-order valence-electron chi connectivity index (χ4n) is 3.91. The molecule has 1 aliphatic heterocycles. The Morgan fingerprint density at radius 3 is 2.27 bits per heavy atom. The molecule has 4 rings (SSSR count). The van der Waals surface area contributed by atoms with Crippen molar-refractivity contribution >= 4 is 11.6 Å². The van der Waals surface area contributed by atoms with Crippen molar-refractivity contribution in [2.24, 2.45) is 0 Å². The van der Waals surface area contributed by atoms with Gasteiger partial charge in [-0.3, -0.25) is 23.5 Å². The minimum Gasteiger partial charge on any atom is -0.492 e. The number of benzene rings is 2. The summed E-state index contributed by atoms with van der Waals surface area (Å²) in [5.41, 5.74) is -0.579. The second-order valence-electron chi connectivity index (χ2n) is 7.63. The van der Waals surface area contributed by atoms with Crippen LogP contribution in [0.5, 0.6) is 5.75 Å². The monoisotopic (exact) mass is 452 g/mol. The first-order valence-corrected chi connectivity index (χ1v) is 10.8. The lowest BCUT2D eigenvalue weighted by molar-refractivity contribution is -0.132. The van der Waals surface area contributed by atoms with E-state index in [0.717, 1.165) is 4.57 Å². The zero-order chi connectivity index (χ0) is 23.4. The van der Waals surface area contributed by atoms with Crippen LogP contribution in [0.15, 0.2) is 70.5 Å². The molecule has 1 aromatic heterocycles. The number of piperazine rings is 1. The number of carbonyl (C=O) groups is 1. The van der Waals surface area contributed by atoms with Crippen LogP contribution in [-0.4, -0.2) is 52.7 Å². The van der Waals surface area contributed by atoms with E-state index in [0.29, 0.717) is 49.9 Å². The molecular formula is C24H25FN4O4. The second-order valence-corrected chi connectivity index (χ2v) is 7.63. The van der Waals surface area contributed by atoms with Crippen molar-refractivity contribution in [1.29, 1.82) is 0 Å². The molecule has 0 N–H and O–H groups in total. The van der Waals surface area contributed by atoms with Crippen LogP contribution in [-0.2, 0) is 11.3 Å². The Morgan fingerprint density at radius 2 is 1.58 bits per heavy atom. The van der Waals surface area contributed by atoms with Crippen LogP contribution in [0.1, 0.15) is 6.92 Å². The molecule has 33 heavy (non-hydrogen) atoms. The van der Waals surface area contributed by atoms with Gasteiger partial charge in [0.1, 0.15) is 18.1 Å². The Morgan fingerprint density at radius 1 is 0.909 bits per heavy atom. The highest BCUT2D eigenvalue weighted by molar-refractivity contribution is 5.76. The molecule has 0 aliphatic carbocycles. The molecule has 9 heteroatoms. The Labute approximate surface area is 190 Å². The van der Waals surface area contributed by atoms with Gasteiger partial charge in [0.15, 0.2) is 0 Å². The van der Waals surface area contributed by atoms with Gasteiger partial charge in [0, 0.05) is 38.6 Å². The van der Waals surface area contributed by atoms with Crippen LogP contribution in [0, 0.1) is 5.82 Å². The van der Waals surface area contributed by atoms with Crippen molar-refractivity contribution in [3.63, 3.8) is 0 Å². The third kappa shape index (κ3) is 4.67. The summed E-state index contributed by atoms with van der Waals surface area (Å²) in [6.45, 7) is 3.79. The van der Waals surface area contributed by atoms with Crippen LogP contribution < -0.4 is 20.8 Å². The standard InChI is InChI=1S/C24H25FN4O4/c1-2-33-21-10-6-5-9-20(21)29-16-15-28(23(31)24(29)32)17-22(30)27-13-11-26(12-14-27)19-8-4-3-7-18(19)25/h3-10,15-16H,2,11-14,17H2,1H3. The van der Waals surface area contributed by atoms with Crippen LogP contribution in [0.4, 0.5) is 10.1 Å². The van der Waals surface area contributed by atoms with Crippen LogP contribution in [0.3, 0.4) is 0 Å². The van der Waals surface area contributed by atoms with Crippen molar-refractivity contribution in [2.45, 2.75) is 13.5 Å². The number of anilines is 1. The van der Waals surface area contributed by atoms with Crippen molar-refractivity contribution < 1.29 is 13.9 Å². The number of nitrogens with zero attached hydrogens (tertiary/aromatic N) is 4. The summed E-state index contributed by atoms with van der Waals surface area (Å²) >= 11 is 0. The molecule has 0 bridgehead atoms. The topological polar surface area (TPSA) is 76.8 Å². The number of carbonyl (C=O) groups excluding carboxylic acids is 1. The van der Waals surface area contributed by atoms with Gasteiger partial charge in [0.25, 0.3) is 0 Å². The zero-order valence-corrected chi connectivity index (χ0v) is 18.3. The van der Waals surface area contributed by atoms with E-state index < -0.39 is 11.1 Å². The summed E-state index contributed by atoms with van der Waals surface area (Å²) in [6.07, 6.45) is 2.89. The van der Waals surface area contributed by atoms with E-state index in [1.54, 1.807) is 47.4 Å². The SMILES string of the molecule is CCOc1ccccc1-n1ccn(CC(=O)N2CCN(c3ccccc3F)CC2)c(=O)c1=O. The number of hydrogen-bond donors (Lipinski definition) is 0. The van der Waals surface area contributed by atoms with Gasteiger partial charge in [-0.2, -0.15) is 0 Å². The molecule has 0 radical (unpaired) electrons. The maximum atomic E-state index is 14.0. The predicted octanol–water partition coefficient (Wildman–Crippen LogP) is 1.89. The summed E-state index contributed by atoms with van der Waals surface area (Å²) < 4.78 is 21.9. The molecule has 2 aromatic carbocycles. The molecule has 172 valence electrons. The summed E-state index contributed by atoms with van der Waals surface area (Å²) in [7, 11) is 0. The van der Waals surface area contributed by atoms with Gasteiger partial charge >= 0.3 is 11.1 Å². The zero-order valence-electron chi connectivity index (χ0n) is 18.3. The van der Waals surface area contributed by atoms with E-state index in [4.69, 9.17) is 4.74 Å². The van der Waals surface area contributed by atoms with Crippen LogP contribution >= 0.6 is 0 Å². The van der Waals surface area contributed by atoms with Gasteiger partial charge in [-0.05, 0) is 31.2 Å². The molecule has 3 aromatic rings. The first kappa shape index (κ1) is 22.3. The molecule has 1 saturated heterocycles. The highest BCUT2D eigenvalue weighted by atomic mass is 19.1. The Balaban J connectivity index is 1.46. The third-order valence-electron chi connectivity index (χ3n) is 5.61. The molecule has 1 fully saturated rings. The van der Waals surface area contributed by atoms with Crippen molar-refractivity contribution in [1.82, 2.24) is 14.0 Å². The van der Waals surface area contributed by atoms with Gasteiger partial charge in [-0.1, -0.05) is 24.3 Å². The lowest BCUT2D eigenvalue weighted by atomic mass is 10.2. The van der Waals surface area contributed by atoms with Crippen LogP contribution in [0.2, 0.25) is 0 Å². The largest absolute Gasteiger partial charge is 0.492 e. The third-order valence-corrected chi connectivity index (χ3v) is 5.61. The van der Waals surface area contributed by atoms with E-state index >= 15 is 0 Å². The van der Waals surface area contributed by atoms with E-state index in [-0.39, 0.29) is 18.3 Å². The summed E-state index contributed by atoms with van der Waals surface area (Å²) in [4.78, 5) is 41.7. The number of para-hydroxylation sites is 3. The summed E-state index contributed by atoms with van der Waals surface area (Å²) in [6, 6.07) is 13.5. The lowest BCUT2D eigenvalue weighted by Crippen LogP contribution is -2.51. The van der Waals surface area contributed by atoms with Crippen molar-refractivity contribution in [2.75, 3.05) is 37.7 Å². The summed E-state index contributed by atoms with van der Waals surface area (Å²) in [5, 5.41) is 0. The van der Waals surface area contributed by atoms with E-state index in [9.17, 15) is 18.8 Å². The molecule has 1 amide bonds. The van der Waals surface area contributed by atoms with E-state index in [1.807, 2.05) is 11.8 Å². The Hall–Kier alpha value is -3.88. The number of rotatable bonds is 6. The molecule has 0 spiro atoms. The quantitative estimate of drug-likeness (QED) is 0.534. The number of aromatic nitrogens is 2. The minimum absolute atomic E-state index is 0.234. The van der Waals surface area contributed by atoms with Crippen molar-refractivity contribution in [3.8, 4) is 11.4 Å². The fourth-order valence-corrected chi connectivity index (χ4v) is 3.91. The molecule has 0 unspecified atom stereocenters. The van der Waals surface area contributed by atoms with Gasteiger partial charge in [0.05, 0.1) is 18.0 Å². The molecule has 1 aliphatic rings. The number of hydrogen-bond acceptors (Lipinski definition) is 5. The average molecular weight is 452 g/mol. The van der Waals surface area contributed by atoms with Gasteiger partial charge in [-0.25, -0.2) is 4.39 Å². The summed E-state index contributed by atoms with van der Waals surface area (Å²) in [5.74, 6) is -0.0736. The minimum atomic E-state index is -0.790. The normalized spacial score (nSPS) is 13.8. The van der Waals surface area contributed by atoms with Gasteiger partial charge in [-0.15, -0.1) is 0 Å². The second kappa shape index (κ2) is 9.72. The fraction of sp³-hybridized carbons (Fsp3) is 0.292. The average Bonchev–Trinajstić information content (AvgIpc) is 2.83. The maximum absolute atomic E-state index is 14.0. The highest BCUT2D eigenvalue weighted by Crippen LogP contribution is 2.21. The maximum Gasteiger partial charge on any atom is 0.321 e. The van der Waals surface area contributed by atoms with Crippen molar-refractivity contribution in [3.05, 3.63) is 87.4 Å². The van der Waals surface area contributed by atoms with Gasteiger partial charge in [0.2, 0.25) is 5.91 Å². The predicted molar refractivity (Wildman–Crippen MR) is 123 cm³/mol. The lowest BCUT2D eigenvalue weighted by Gasteiger charge is -2.36. The smallest absolute Gasteiger partial charge is 0.321 e. The molecule has 0 saturated carbocycles. The first-order chi connectivity index (χ1) is 16.0. The number of amides is 1. The number of ether oxygens (including phenoxy) is 1. The van der Waals surface area contributed by atoms with E-state index in [1.165, 1.54) is 23.0 Å². The van der Waals surface area contributed by atoms with Gasteiger partial charge < -0.3 is 14.5 Å². The van der Waals surface area contributed by atoms with E-state index in [2.05, 4.69) is 0 Å². The number of halogens is 1. The molecular weight excluding hydrogens is 427 g/mol. The Bertz CT molecular complexity index is 1260. The van der Waals surface area contributed by atoms with Crippen LogP contribution in [0.25, 0.3) is 5.69 Å².